The Hall–Kier alpha value is -1.74. The first-order valence-corrected chi connectivity index (χ1v) is 7.94. The fraction of sp³-hybridized carbons (Fsp3) is 0.167. The van der Waals surface area contributed by atoms with Gasteiger partial charge in [0.15, 0.2) is 0 Å². The molecule has 0 fully saturated rings. The van der Waals surface area contributed by atoms with Gasteiger partial charge in [-0.1, -0.05) is 40.2 Å². The van der Waals surface area contributed by atoms with Gasteiger partial charge in [0.2, 0.25) is 0 Å². The summed E-state index contributed by atoms with van der Waals surface area (Å²) in [5, 5.41) is 1.53. The van der Waals surface area contributed by atoms with Crippen LogP contribution in [0, 0.1) is 19.7 Å². The monoisotopic (exact) mass is 343 g/mol. The van der Waals surface area contributed by atoms with Crippen molar-refractivity contribution in [1.82, 2.24) is 4.98 Å². The number of aromatic nitrogens is 1. The van der Waals surface area contributed by atoms with Gasteiger partial charge in [-0.2, -0.15) is 0 Å². The highest BCUT2D eigenvalue weighted by atomic mass is 79.9. The molecule has 0 spiro atoms. The van der Waals surface area contributed by atoms with Crippen LogP contribution in [-0.2, 0) is 5.33 Å². The second-order valence-corrected chi connectivity index (χ2v) is 5.80. The van der Waals surface area contributed by atoms with Gasteiger partial charge >= 0.3 is 0 Å². The van der Waals surface area contributed by atoms with Gasteiger partial charge in [-0.3, -0.25) is 0 Å². The number of aryl methyl sites for hydroxylation is 2. The molecule has 106 valence electrons. The lowest BCUT2D eigenvalue weighted by atomic mass is 10.00. The average molecular weight is 344 g/mol. The smallest absolute Gasteiger partial charge is 0.126 e. The summed E-state index contributed by atoms with van der Waals surface area (Å²) in [7, 11) is 0. The van der Waals surface area contributed by atoms with Crippen LogP contribution in [0.15, 0.2) is 42.5 Å². The fourth-order valence-electron chi connectivity index (χ4n) is 2.52. The Morgan fingerprint density at radius 1 is 1.05 bits per heavy atom. The highest BCUT2D eigenvalue weighted by Gasteiger charge is 2.11. The predicted molar refractivity (Wildman–Crippen MR) is 89.2 cm³/mol. The lowest BCUT2D eigenvalue weighted by Gasteiger charge is -2.12. The van der Waals surface area contributed by atoms with Crippen molar-refractivity contribution in [1.29, 1.82) is 0 Å². The van der Waals surface area contributed by atoms with E-state index in [9.17, 15) is 4.39 Å². The first-order chi connectivity index (χ1) is 10.1. The first-order valence-electron chi connectivity index (χ1n) is 6.82. The summed E-state index contributed by atoms with van der Waals surface area (Å²) in [5.74, 6) is -0.187. The molecule has 1 heterocycles. The third-order valence-corrected chi connectivity index (χ3v) is 4.32. The van der Waals surface area contributed by atoms with Crippen LogP contribution in [0.3, 0.4) is 0 Å². The van der Waals surface area contributed by atoms with Crippen molar-refractivity contribution >= 4 is 26.8 Å². The quantitative estimate of drug-likeness (QED) is 0.555. The normalized spacial score (nSPS) is 11.0. The fourth-order valence-corrected chi connectivity index (χ4v) is 2.94. The summed E-state index contributed by atoms with van der Waals surface area (Å²) in [6.45, 7) is 3.84. The van der Waals surface area contributed by atoms with Gasteiger partial charge in [-0.05, 0) is 48.7 Å². The number of halogens is 2. The Morgan fingerprint density at radius 2 is 1.81 bits per heavy atom. The van der Waals surface area contributed by atoms with E-state index in [0.29, 0.717) is 10.9 Å². The van der Waals surface area contributed by atoms with Crippen molar-refractivity contribution in [2.75, 3.05) is 0 Å². The number of benzene rings is 2. The molecule has 3 heteroatoms. The van der Waals surface area contributed by atoms with Crippen LogP contribution in [0.5, 0.6) is 0 Å². The van der Waals surface area contributed by atoms with Crippen LogP contribution in [0.2, 0.25) is 0 Å². The third kappa shape index (κ3) is 2.58. The van der Waals surface area contributed by atoms with Gasteiger partial charge < -0.3 is 0 Å². The van der Waals surface area contributed by atoms with Crippen molar-refractivity contribution in [2.24, 2.45) is 0 Å². The van der Waals surface area contributed by atoms with E-state index in [-0.39, 0.29) is 5.82 Å². The molecule has 1 nitrogen and oxygen atoms in total. The highest BCUT2D eigenvalue weighted by molar-refractivity contribution is 9.08. The Bertz CT molecular complexity index is 827. The summed E-state index contributed by atoms with van der Waals surface area (Å²) in [5.41, 5.74) is 5.79. The van der Waals surface area contributed by atoms with Gasteiger partial charge in [0, 0.05) is 16.3 Å². The molecular weight excluding hydrogens is 329 g/mol. The molecule has 0 aliphatic heterocycles. The lowest BCUT2D eigenvalue weighted by molar-refractivity contribution is 0.620. The number of fused-ring (bicyclic) bond motifs is 1. The van der Waals surface area contributed by atoms with Crippen molar-refractivity contribution in [3.8, 4) is 11.3 Å². The molecule has 0 N–H and O–H groups in total. The molecule has 0 aliphatic rings. The molecule has 0 amide bonds. The standard InChI is InChI=1S/C18H15BrFN/c1-11-5-3-4-6-15(11)18-14(10-19)8-13-9-16(20)12(2)7-17(13)21-18/h3-9H,10H2,1-2H3. The SMILES string of the molecule is Cc1cc2nc(-c3ccccc3C)c(CBr)cc2cc1F. The predicted octanol–water partition coefficient (Wildman–Crippen LogP) is 5.55. The second kappa shape index (κ2) is 5.57. The second-order valence-electron chi connectivity index (χ2n) is 5.24. The Kier molecular flexibility index (Phi) is 3.77. The summed E-state index contributed by atoms with van der Waals surface area (Å²) in [6, 6.07) is 13.6. The summed E-state index contributed by atoms with van der Waals surface area (Å²) in [6.07, 6.45) is 0. The van der Waals surface area contributed by atoms with Crippen molar-refractivity contribution < 1.29 is 4.39 Å². The van der Waals surface area contributed by atoms with Crippen LogP contribution < -0.4 is 0 Å². The zero-order chi connectivity index (χ0) is 15.0. The Labute approximate surface area is 132 Å². The van der Waals surface area contributed by atoms with Gasteiger partial charge in [-0.15, -0.1) is 0 Å². The van der Waals surface area contributed by atoms with Crippen LogP contribution in [0.25, 0.3) is 22.2 Å². The van der Waals surface area contributed by atoms with Crippen LogP contribution in [0.4, 0.5) is 4.39 Å². The molecule has 0 atom stereocenters. The van der Waals surface area contributed by atoms with Gasteiger partial charge in [0.25, 0.3) is 0 Å². The van der Waals surface area contributed by atoms with Crippen LogP contribution >= 0.6 is 15.9 Å². The maximum Gasteiger partial charge on any atom is 0.126 e. The largest absolute Gasteiger partial charge is 0.247 e. The van der Waals surface area contributed by atoms with Gasteiger partial charge in [0.05, 0.1) is 11.2 Å². The summed E-state index contributed by atoms with van der Waals surface area (Å²) >= 11 is 3.52. The molecule has 0 unspecified atom stereocenters. The Balaban J connectivity index is 2.32. The molecule has 2 aromatic carbocycles. The van der Waals surface area contributed by atoms with Crippen LogP contribution in [0.1, 0.15) is 16.7 Å². The highest BCUT2D eigenvalue weighted by Crippen LogP contribution is 2.30. The average Bonchev–Trinajstić information content (AvgIpc) is 2.48. The van der Waals surface area contributed by atoms with E-state index < -0.39 is 0 Å². The van der Waals surface area contributed by atoms with Gasteiger partial charge in [-0.25, -0.2) is 9.37 Å². The topological polar surface area (TPSA) is 12.9 Å². The number of hydrogen-bond donors (Lipinski definition) is 0. The molecule has 0 radical (unpaired) electrons. The molecule has 21 heavy (non-hydrogen) atoms. The van der Waals surface area contributed by atoms with Crippen molar-refractivity contribution in [3.63, 3.8) is 0 Å². The summed E-state index contributed by atoms with van der Waals surface area (Å²) in [4.78, 5) is 4.78. The third-order valence-electron chi connectivity index (χ3n) is 3.72. The number of hydrogen-bond acceptors (Lipinski definition) is 1. The first kappa shape index (κ1) is 14.2. The molecular formula is C18H15BrFN. The van der Waals surface area contributed by atoms with E-state index >= 15 is 0 Å². The molecule has 3 rings (SSSR count). The minimum Gasteiger partial charge on any atom is -0.247 e. The molecule has 0 bridgehead atoms. The number of pyridine rings is 1. The zero-order valence-corrected chi connectivity index (χ0v) is 13.5. The Morgan fingerprint density at radius 3 is 2.52 bits per heavy atom. The molecule has 3 aromatic rings. The minimum absolute atomic E-state index is 0.187. The van der Waals surface area contributed by atoms with E-state index in [1.165, 1.54) is 5.56 Å². The molecule has 0 saturated heterocycles. The summed E-state index contributed by atoms with van der Waals surface area (Å²) < 4.78 is 13.7. The molecule has 0 aliphatic carbocycles. The van der Waals surface area contributed by atoms with Crippen molar-refractivity contribution in [2.45, 2.75) is 19.2 Å². The maximum atomic E-state index is 13.7. The lowest BCUT2D eigenvalue weighted by Crippen LogP contribution is -1.95. The molecule has 1 aromatic heterocycles. The minimum atomic E-state index is -0.187. The van der Waals surface area contributed by atoms with E-state index in [4.69, 9.17) is 4.98 Å². The van der Waals surface area contributed by atoms with Crippen LogP contribution in [-0.4, -0.2) is 4.98 Å². The van der Waals surface area contributed by atoms with E-state index in [0.717, 1.165) is 27.7 Å². The van der Waals surface area contributed by atoms with E-state index in [1.807, 2.05) is 24.3 Å². The van der Waals surface area contributed by atoms with E-state index in [2.05, 4.69) is 35.0 Å². The van der Waals surface area contributed by atoms with E-state index in [1.54, 1.807) is 13.0 Å². The number of alkyl halides is 1. The number of rotatable bonds is 2. The van der Waals surface area contributed by atoms with Crippen molar-refractivity contribution in [3.05, 3.63) is 65.0 Å². The maximum absolute atomic E-state index is 13.7. The van der Waals surface area contributed by atoms with Gasteiger partial charge in [0.1, 0.15) is 5.82 Å². The number of nitrogens with zero attached hydrogens (tertiary/aromatic N) is 1. The molecule has 0 saturated carbocycles. The zero-order valence-electron chi connectivity index (χ0n) is 12.0.